The van der Waals surface area contributed by atoms with Crippen molar-refractivity contribution in [3.8, 4) is 17.6 Å². The van der Waals surface area contributed by atoms with E-state index in [0.29, 0.717) is 41.1 Å². The van der Waals surface area contributed by atoms with E-state index in [4.69, 9.17) is 21.7 Å². The third-order valence-electron chi connectivity index (χ3n) is 4.41. The zero-order valence-corrected chi connectivity index (χ0v) is 16.6. The number of ether oxygens (including phenoxy) is 2. The summed E-state index contributed by atoms with van der Waals surface area (Å²) in [7, 11) is 0. The molecule has 2 heterocycles. The van der Waals surface area contributed by atoms with E-state index in [9.17, 15) is 5.26 Å². The Balaban J connectivity index is 1.37. The van der Waals surface area contributed by atoms with Gasteiger partial charge in [-0.3, -0.25) is 0 Å². The molecule has 0 aliphatic carbocycles. The number of nitrogens with zero attached hydrogens (tertiary/aromatic N) is 2. The highest BCUT2D eigenvalue weighted by Crippen LogP contribution is 2.36. The third-order valence-corrected chi connectivity index (χ3v) is 4.65. The molecule has 1 aliphatic heterocycles. The van der Waals surface area contributed by atoms with Crippen molar-refractivity contribution in [1.82, 2.24) is 10.3 Å². The maximum absolute atomic E-state index is 9.47. The van der Waals surface area contributed by atoms with Gasteiger partial charge in [-0.05, 0) is 49.0 Å². The molecule has 1 aromatic heterocycles. The van der Waals surface area contributed by atoms with Crippen LogP contribution in [0.15, 0.2) is 42.5 Å². The lowest BCUT2D eigenvalue weighted by molar-refractivity contribution is 0.174. The average molecular weight is 405 g/mol. The Kier molecular flexibility index (Phi) is 5.31. The number of fused-ring (bicyclic) bond motifs is 2. The van der Waals surface area contributed by atoms with Gasteiger partial charge >= 0.3 is 0 Å². The molecule has 1 aliphatic rings. The van der Waals surface area contributed by atoms with Gasteiger partial charge in [0.25, 0.3) is 0 Å². The molecule has 4 rings (SSSR count). The van der Waals surface area contributed by atoms with Crippen LogP contribution in [0.3, 0.4) is 0 Å². The van der Waals surface area contributed by atoms with Gasteiger partial charge in [0.1, 0.15) is 11.9 Å². The lowest BCUT2D eigenvalue weighted by atomic mass is 10.1. The van der Waals surface area contributed by atoms with Crippen LogP contribution >= 0.6 is 12.2 Å². The topological polar surface area (TPSA) is 91.2 Å². The van der Waals surface area contributed by atoms with Crippen molar-refractivity contribution >= 4 is 39.7 Å². The molecule has 0 radical (unpaired) electrons. The summed E-state index contributed by atoms with van der Waals surface area (Å²) in [5.74, 6) is 1.86. The first-order valence-corrected chi connectivity index (χ1v) is 9.53. The fourth-order valence-electron chi connectivity index (χ4n) is 3.04. The molecule has 0 atom stereocenters. The van der Waals surface area contributed by atoms with Crippen LogP contribution < -0.4 is 25.4 Å². The SMILES string of the molecule is Cc1cccc(NC(=S)NCCNc2nc3cc4c(cc3cc2C#N)OCO4)c1. The number of nitriles is 1. The van der Waals surface area contributed by atoms with Gasteiger partial charge in [0.15, 0.2) is 16.6 Å². The van der Waals surface area contributed by atoms with E-state index in [0.717, 1.165) is 22.2 Å². The summed E-state index contributed by atoms with van der Waals surface area (Å²) in [5.41, 5.74) is 3.31. The molecule has 2 aromatic carbocycles. The Morgan fingerprint density at radius 3 is 2.79 bits per heavy atom. The first-order chi connectivity index (χ1) is 14.1. The monoisotopic (exact) mass is 405 g/mol. The van der Waals surface area contributed by atoms with Crippen LogP contribution in [0.2, 0.25) is 0 Å². The lowest BCUT2D eigenvalue weighted by Crippen LogP contribution is -2.32. The van der Waals surface area contributed by atoms with Crippen LogP contribution in [0, 0.1) is 18.3 Å². The number of hydrogen-bond acceptors (Lipinski definition) is 6. The molecule has 146 valence electrons. The summed E-state index contributed by atoms with van der Waals surface area (Å²) >= 11 is 5.32. The molecule has 3 N–H and O–H groups in total. The van der Waals surface area contributed by atoms with E-state index in [1.807, 2.05) is 43.3 Å². The second-order valence-electron chi connectivity index (χ2n) is 6.57. The van der Waals surface area contributed by atoms with Crippen LogP contribution in [0.4, 0.5) is 11.5 Å². The number of aryl methyl sites for hydroxylation is 1. The van der Waals surface area contributed by atoms with Gasteiger partial charge in [0.2, 0.25) is 6.79 Å². The number of rotatable bonds is 5. The molecule has 29 heavy (non-hydrogen) atoms. The highest BCUT2D eigenvalue weighted by Gasteiger charge is 2.16. The van der Waals surface area contributed by atoms with Crippen molar-refractivity contribution in [3.05, 3.63) is 53.6 Å². The Morgan fingerprint density at radius 1 is 1.17 bits per heavy atom. The van der Waals surface area contributed by atoms with E-state index >= 15 is 0 Å². The minimum absolute atomic E-state index is 0.198. The first kappa shape index (κ1) is 18.8. The highest BCUT2D eigenvalue weighted by atomic mass is 32.1. The van der Waals surface area contributed by atoms with Gasteiger partial charge in [-0.1, -0.05) is 12.1 Å². The van der Waals surface area contributed by atoms with Crippen molar-refractivity contribution in [1.29, 1.82) is 5.26 Å². The Labute approximate surface area is 173 Å². The largest absolute Gasteiger partial charge is 0.454 e. The summed E-state index contributed by atoms with van der Waals surface area (Å²) in [4.78, 5) is 4.57. The van der Waals surface area contributed by atoms with Gasteiger partial charge in [0.05, 0.1) is 11.1 Å². The zero-order valence-electron chi connectivity index (χ0n) is 15.8. The van der Waals surface area contributed by atoms with Crippen LogP contribution in [0.25, 0.3) is 10.9 Å². The molecule has 3 aromatic rings. The predicted octanol–water partition coefficient (Wildman–Crippen LogP) is 3.54. The molecule has 0 bridgehead atoms. The minimum Gasteiger partial charge on any atom is -0.454 e. The fourth-order valence-corrected chi connectivity index (χ4v) is 3.26. The molecule has 0 amide bonds. The van der Waals surface area contributed by atoms with Gasteiger partial charge < -0.3 is 25.4 Å². The maximum atomic E-state index is 9.47. The third kappa shape index (κ3) is 4.31. The maximum Gasteiger partial charge on any atom is 0.231 e. The smallest absolute Gasteiger partial charge is 0.231 e. The van der Waals surface area contributed by atoms with Gasteiger partial charge in [0, 0.05) is 30.2 Å². The molecular weight excluding hydrogens is 386 g/mol. The normalized spacial score (nSPS) is 11.7. The summed E-state index contributed by atoms with van der Waals surface area (Å²) in [6.45, 7) is 3.35. The second kappa shape index (κ2) is 8.20. The van der Waals surface area contributed by atoms with Crippen molar-refractivity contribution in [2.75, 3.05) is 30.5 Å². The molecule has 0 unspecified atom stereocenters. The standard InChI is InChI=1S/C21H19N5O2S/c1-13-3-2-4-16(7-13)25-21(29)24-6-5-23-20-15(11-22)8-14-9-18-19(28-12-27-18)10-17(14)26-20/h2-4,7-10H,5-6,12H2,1H3,(H,23,26)(H2,24,25,29). The quantitative estimate of drug-likeness (QED) is 0.439. The van der Waals surface area contributed by atoms with Gasteiger partial charge in [-0.15, -0.1) is 0 Å². The van der Waals surface area contributed by atoms with Crippen LogP contribution in [-0.2, 0) is 0 Å². The van der Waals surface area contributed by atoms with E-state index in [1.165, 1.54) is 0 Å². The van der Waals surface area contributed by atoms with Gasteiger partial charge in [-0.25, -0.2) is 4.98 Å². The van der Waals surface area contributed by atoms with Crippen molar-refractivity contribution in [2.24, 2.45) is 0 Å². The average Bonchev–Trinajstić information content (AvgIpc) is 3.16. The van der Waals surface area contributed by atoms with E-state index in [-0.39, 0.29) is 6.79 Å². The number of aromatic nitrogens is 1. The van der Waals surface area contributed by atoms with Crippen molar-refractivity contribution in [2.45, 2.75) is 6.92 Å². The van der Waals surface area contributed by atoms with Crippen LogP contribution in [0.5, 0.6) is 11.5 Å². The summed E-state index contributed by atoms with van der Waals surface area (Å²) in [6, 6.07) is 15.6. The zero-order chi connectivity index (χ0) is 20.2. The number of thiocarbonyl (C=S) groups is 1. The molecule has 0 saturated carbocycles. The highest BCUT2D eigenvalue weighted by molar-refractivity contribution is 7.80. The molecule has 7 nitrogen and oxygen atoms in total. The van der Waals surface area contributed by atoms with Crippen molar-refractivity contribution in [3.63, 3.8) is 0 Å². The second-order valence-corrected chi connectivity index (χ2v) is 6.98. The number of benzene rings is 2. The van der Waals surface area contributed by atoms with Gasteiger partial charge in [-0.2, -0.15) is 5.26 Å². The van der Waals surface area contributed by atoms with E-state index in [1.54, 1.807) is 6.07 Å². The van der Waals surface area contributed by atoms with Crippen LogP contribution in [0.1, 0.15) is 11.1 Å². The predicted molar refractivity (Wildman–Crippen MR) is 116 cm³/mol. The summed E-state index contributed by atoms with van der Waals surface area (Å²) < 4.78 is 10.8. The number of hydrogen-bond donors (Lipinski definition) is 3. The number of nitrogens with one attached hydrogen (secondary N) is 3. The van der Waals surface area contributed by atoms with E-state index in [2.05, 4.69) is 27.0 Å². The molecule has 8 heteroatoms. The molecule has 0 saturated heterocycles. The molecule has 0 fully saturated rings. The fraction of sp³-hybridized carbons (Fsp3) is 0.190. The van der Waals surface area contributed by atoms with E-state index < -0.39 is 0 Å². The Morgan fingerprint density at radius 2 is 2.00 bits per heavy atom. The van der Waals surface area contributed by atoms with Crippen molar-refractivity contribution < 1.29 is 9.47 Å². The summed E-state index contributed by atoms with van der Waals surface area (Å²) in [5, 5.41) is 20.3. The molecule has 0 spiro atoms. The van der Waals surface area contributed by atoms with Crippen LogP contribution in [-0.4, -0.2) is 30.0 Å². The Hall–Kier alpha value is -3.57. The first-order valence-electron chi connectivity index (χ1n) is 9.12. The summed E-state index contributed by atoms with van der Waals surface area (Å²) in [6.07, 6.45) is 0. The number of anilines is 2. The Bertz CT molecular complexity index is 1130. The molecular formula is C21H19N5O2S. The lowest BCUT2D eigenvalue weighted by Gasteiger charge is -2.13. The number of pyridine rings is 1. The minimum atomic E-state index is 0.198.